The second-order valence-electron chi connectivity index (χ2n) is 7.92. The van der Waals surface area contributed by atoms with Crippen molar-refractivity contribution in [3.8, 4) is 28.5 Å². The third-order valence-electron chi connectivity index (χ3n) is 5.24. The highest BCUT2D eigenvalue weighted by atomic mass is 35.5. The van der Waals surface area contributed by atoms with Crippen LogP contribution in [0.25, 0.3) is 11.3 Å². The molecule has 11 heteroatoms. The molecule has 0 unspecified atom stereocenters. The van der Waals surface area contributed by atoms with E-state index in [0.717, 1.165) is 0 Å². The lowest BCUT2D eigenvalue weighted by molar-refractivity contribution is -0.130. The van der Waals surface area contributed by atoms with E-state index in [1.54, 1.807) is 20.2 Å². The van der Waals surface area contributed by atoms with E-state index in [1.165, 1.54) is 61.6 Å². The molecule has 37 heavy (non-hydrogen) atoms. The average molecular weight is 530 g/mol. The molecule has 0 aliphatic carbocycles. The van der Waals surface area contributed by atoms with Gasteiger partial charge in [-0.15, -0.1) is 0 Å². The maximum atomic E-state index is 13.6. The van der Waals surface area contributed by atoms with Crippen molar-refractivity contribution in [2.24, 2.45) is 0 Å². The van der Waals surface area contributed by atoms with Gasteiger partial charge in [0.25, 0.3) is 11.8 Å². The van der Waals surface area contributed by atoms with Crippen LogP contribution >= 0.6 is 11.6 Å². The Labute approximate surface area is 218 Å². The van der Waals surface area contributed by atoms with Gasteiger partial charge in [0.05, 0.1) is 25.8 Å². The largest absolute Gasteiger partial charge is 0.494 e. The number of ketones is 1. The number of hydrogen-bond acceptors (Lipinski definition) is 7. The van der Waals surface area contributed by atoms with Crippen LogP contribution in [0, 0.1) is 5.82 Å². The van der Waals surface area contributed by atoms with E-state index in [1.807, 2.05) is 0 Å². The third kappa shape index (κ3) is 6.73. The van der Waals surface area contributed by atoms with Crippen LogP contribution in [0.15, 0.2) is 48.5 Å². The van der Waals surface area contributed by atoms with Gasteiger partial charge in [-0.1, -0.05) is 11.6 Å². The SMILES string of the molecule is COc1cc(C(=O)NCC(=O)c2ccc(OC)c(-c3ccc(F)c(Cl)c3)n2)ccc1OCC(=O)N(C)C. The summed E-state index contributed by atoms with van der Waals surface area (Å²) in [7, 11) is 6.07. The maximum Gasteiger partial charge on any atom is 0.259 e. The Kier molecular flexibility index (Phi) is 9.02. The number of carbonyl (C=O) groups excluding carboxylic acids is 3. The molecule has 194 valence electrons. The normalized spacial score (nSPS) is 10.4. The Hall–Kier alpha value is -4.18. The van der Waals surface area contributed by atoms with Gasteiger partial charge in [0.15, 0.2) is 23.9 Å². The van der Waals surface area contributed by atoms with Gasteiger partial charge >= 0.3 is 0 Å². The lowest BCUT2D eigenvalue weighted by atomic mass is 10.1. The number of ether oxygens (including phenoxy) is 3. The van der Waals surface area contributed by atoms with Gasteiger partial charge in [0, 0.05) is 25.2 Å². The topological polar surface area (TPSA) is 107 Å². The monoisotopic (exact) mass is 529 g/mol. The number of likely N-dealkylation sites (N-methyl/N-ethyl adjacent to an activating group) is 1. The van der Waals surface area contributed by atoms with Gasteiger partial charge in [-0.25, -0.2) is 9.37 Å². The summed E-state index contributed by atoms with van der Waals surface area (Å²) in [5.41, 5.74) is 1.06. The van der Waals surface area contributed by atoms with Gasteiger partial charge in [-0.3, -0.25) is 14.4 Å². The minimum absolute atomic E-state index is 0.0726. The zero-order chi connectivity index (χ0) is 27.1. The van der Waals surface area contributed by atoms with Crippen molar-refractivity contribution in [1.29, 1.82) is 0 Å². The first-order valence-corrected chi connectivity index (χ1v) is 11.3. The molecule has 1 N–H and O–H groups in total. The highest BCUT2D eigenvalue weighted by molar-refractivity contribution is 6.31. The van der Waals surface area contributed by atoms with E-state index in [2.05, 4.69) is 10.3 Å². The number of carbonyl (C=O) groups is 3. The molecule has 0 saturated carbocycles. The number of methoxy groups -OCH3 is 2. The molecule has 0 radical (unpaired) electrons. The van der Waals surface area contributed by atoms with Gasteiger partial charge in [-0.05, 0) is 48.5 Å². The quantitative estimate of drug-likeness (QED) is 0.400. The predicted octanol–water partition coefficient (Wildman–Crippen LogP) is 3.64. The van der Waals surface area contributed by atoms with Crippen molar-refractivity contribution in [3.05, 3.63) is 70.6 Å². The molecular formula is C26H25ClFN3O6. The molecule has 0 spiro atoms. The first-order valence-electron chi connectivity index (χ1n) is 11.0. The van der Waals surface area contributed by atoms with E-state index in [0.29, 0.717) is 22.8 Å². The third-order valence-corrected chi connectivity index (χ3v) is 5.53. The first kappa shape index (κ1) is 27.4. The van der Waals surface area contributed by atoms with E-state index >= 15 is 0 Å². The molecule has 0 saturated heterocycles. The molecule has 0 bridgehead atoms. The Morgan fingerprint density at radius 3 is 2.32 bits per heavy atom. The number of pyridine rings is 1. The number of aromatic nitrogens is 1. The van der Waals surface area contributed by atoms with Crippen molar-refractivity contribution in [3.63, 3.8) is 0 Å². The van der Waals surface area contributed by atoms with Crippen molar-refractivity contribution in [2.45, 2.75) is 0 Å². The van der Waals surface area contributed by atoms with Crippen molar-refractivity contribution >= 4 is 29.2 Å². The van der Waals surface area contributed by atoms with Gasteiger partial charge in [-0.2, -0.15) is 0 Å². The molecule has 0 aliphatic heterocycles. The highest BCUT2D eigenvalue weighted by Crippen LogP contribution is 2.31. The molecular weight excluding hydrogens is 505 g/mol. The molecule has 9 nitrogen and oxygen atoms in total. The van der Waals surface area contributed by atoms with Crippen molar-refractivity contribution in [2.75, 3.05) is 41.5 Å². The molecule has 3 rings (SSSR count). The van der Waals surface area contributed by atoms with Crippen LogP contribution in [0.3, 0.4) is 0 Å². The summed E-state index contributed by atoms with van der Waals surface area (Å²) in [6.45, 7) is -0.524. The van der Waals surface area contributed by atoms with Crippen LogP contribution in [-0.4, -0.2) is 68.9 Å². The number of amides is 2. The second-order valence-corrected chi connectivity index (χ2v) is 8.33. The number of hydrogen-bond donors (Lipinski definition) is 1. The van der Waals surface area contributed by atoms with Crippen molar-refractivity contribution < 1.29 is 33.0 Å². The Bertz CT molecular complexity index is 1330. The fourth-order valence-corrected chi connectivity index (χ4v) is 3.35. The number of halogens is 2. The summed E-state index contributed by atoms with van der Waals surface area (Å²) in [6, 6.07) is 11.5. The van der Waals surface area contributed by atoms with E-state index in [4.69, 9.17) is 25.8 Å². The lowest BCUT2D eigenvalue weighted by Crippen LogP contribution is -2.30. The van der Waals surface area contributed by atoms with Crippen LogP contribution in [0.5, 0.6) is 17.2 Å². The molecule has 0 fully saturated rings. The fraction of sp³-hybridized carbons (Fsp3) is 0.231. The summed E-state index contributed by atoms with van der Waals surface area (Å²) in [5.74, 6) is -0.893. The number of rotatable bonds is 10. The van der Waals surface area contributed by atoms with Crippen LogP contribution in [0.1, 0.15) is 20.8 Å². The number of nitrogens with one attached hydrogen (secondary N) is 1. The summed E-state index contributed by atoms with van der Waals surface area (Å²) in [6.07, 6.45) is 0. The van der Waals surface area contributed by atoms with Gasteiger partial charge in [0.2, 0.25) is 0 Å². The smallest absolute Gasteiger partial charge is 0.259 e. The zero-order valence-electron chi connectivity index (χ0n) is 20.6. The number of Topliss-reactive ketones (excluding diaryl/α,β-unsaturated/α-hetero) is 1. The number of benzene rings is 2. The Morgan fingerprint density at radius 1 is 0.973 bits per heavy atom. The molecule has 1 aromatic heterocycles. The minimum atomic E-state index is -0.586. The van der Waals surface area contributed by atoms with Crippen LogP contribution < -0.4 is 19.5 Å². The highest BCUT2D eigenvalue weighted by Gasteiger charge is 2.17. The molecule has 0 atom stereocenters. The summed E-state index contributed by atoms with van der Waals surface area (Å²) < 4.78 is 29.6. The average Bonchev–Trinajstić information content (AvgIpc) is 2.90. The number of nitrogens with zero attached hydrogens (tertiary/aromatic N) is 2. The fourth-order valence-electron chi connectivity index (χ4n) is 3.17. The molecule has 1 heterocycles. The molecule has 2 aromatic carbocycles. The van der Waals surface area contributed by atoms with Gasteiger partial charge < -0.3 is 24.4 Å². The summed E-state index contributed by atoms with van der Waals surface area (Å²) in [4.78, 5) is 42.9. The van der Waals surface area contributed by atoms with E-state index < -0.39 is 17.5 Å². The first-order chi connectivity index (χ1) is 17.6. The maximum absolute atomic E-state index is 13.6. The van der Waals surface area contributed by atoms with Crippen LogP contribution in [0.2, 0.25) is 5.02 Å². The molecule has 2 amide bonds. The Morgan fingerprint density at radius 2 is 1.68 bits per heavy atom. The summed E-state index contributed by atoms with van der Waals surface area (Å²) >= 11 is 5.89. The van der Waals surface area contributed by atoms with E-state index in [9.17, 15) is 18.8 Å². The lowest BCUT2D eigenvalue weighted by Gasteiger charge is -2.14. The van der Waals surface area contributed by atoms with E-state index in [-0.39, 0.29) is 41.1 Å². The second kappa shape index (κ2) is 12.2. The van der Waals surface area contributed by atoms with Crippen molar-refractivity contribution in [1.82, 2.24) is 15.2 Å². The minimum Gasteiger partial charge on any atom is -0.494 e. The summed E-state index contributed by atoms with van der Waals surface area (Å²) in [5, 5.41) is 2.45. The molecule has 0 aliphatic rings. The molecule has 3 aromatic rings. The van der Waals surface area contributed by atoms with Gasteiger partial charge in [0.1, 0.15) is 23.0 Å². The zero-order valence-corrected chi connectivity index (χ0v) is 21.4. The van der Waals surface area contributed by atoms with Crippen LogP contribution in [0.4, 0.5) is 4.39 Å². The predicted molar refractivity (Wildman–Crippen MR) is 135 cm³/mol. The van der Waals surface area contributed by atoms with Crippen LogP contribution in [-0.2, 0) is 4.79 Å². The Balaban J connectivity index is 1.71. The standard InChI is InChI=1S/C26H25ClFN3O6/c1-31(2)24(33)14-37-21-9-6-16(12-23(21)36-4)26(34)29-13-20(32)19-8-10-22(35-3)25(30-19)15-5-7-18(28)17(27)11-15/h5-12H,13-14H2,1-4H3,(H,29,34).